The Balaban J connectivity index is 2.47. The van der Waals surface area contributed by atoms with Crippen molar-refractivity contribution in [3.63, 3.8) is 0 Å². The van der Waals surface area contributed by atoms with E-state index in [-0.39, 0.29) is 5.97 Å². The van der Waals surface area contributed by atoms with Crippen molar-refractivity contribution in [1.29, 1.82) is 0 Å². The SMILES string of the molecule is CCCCOC(=O)[C@H]1CCCN[C@@H]1C(=O)O. The van der Waals surface area contributed by atoms with Crippen molar-refractivity contribution in [2.45, 2.75) is 38.6 Å². The minimum Gasteiger partial charge on any atom is -0.480 e. The molecule has 92 valence electrons. The first-order valence-corrected chi connectivity index (χ1v) is 5.79. The van der Waals surface area contributed by atoms with Crippen molar-refractivity contribution in [3.8, 4) is 0 Å². The third-order valence-electron chi connectivity index (χ3n) is 2.77. The van der Waals surface area contributed by atoms with E-state index in [0.29, 0.717) is 19.6 Å². The van der Waals surface area contributed by atoms with Crippen LogP contribution >= 0.6 is 0 Å². The minimum atomic E-state index is -0.975. The van der Waals surface area contributed by atoms with Crippen LogP contribution in [0.2, 0.25) is 0 Å². The molecule has 0 aromatic rings. The fourth-order valence-electron chi connectivity index (χ4n) is 1.83. The Hall–Kier alpha value is -1.10. The summed E-state index contributed by atoms with van der Waals surface area (Å²) in [5.74, 6) is -1.90. The van der Waals surface area contributed by atoms with Crippen molar-refractivity contribution in [1.82, 2.24) is 5.32 Å². The molecule has 1 aliphatic heterocycles. The van der Waals surface area contributed by atoms with Gasteiger partial charge < -0.3 is 15.2 Å². The molecule has 0 aliphatic carbocycles. The van der Waals surface area contributed by atoms with Crippen molar-refractivity contribution >= 4 is 11.9 Å². The number of carbonyl (C=O) groups excluding carboxylic acids is 1. The topological polar surface area (TPSA) is 75.6 Å². The van der Waals surface area contributed by atoms with Crippen LogP contribution in [0.4, 0.5) is 0 Å². The van der Waals surface area contributed by atoms with E-state index < -0.39 is 17.9 Å². The zero-order valence-corrected chi connectivity index (χ0v) is 9.57. The second kappa shape index (κ2) is 6.48. The Morgan fingerprint density at radius 1 is 1.50 bits per heavy atom. The second-order valence-electron chi connectivity index (χ2n) is 4.04. The Bertz CT molecular complexity index is 254. The van der Waals surface area contributed by atoms with Crippen molar-refractivity contribution in [3.05, 3.63) is 0 Å². The smallest absolute Gasteiger partial charge is 0.321 e. The van der Waals surface area contributed by atoms with E-state index in [0.717, 1.165) is 19.3 Å². The fourth-order valence-corrected chi connectivity index (χ4v) is 1.83. The number of hydrogen-bond donors (Lipinski definition) is 2. The molecule has 2 N–H and O–H groups in total. The standard InChI is InChI=1S/C11H19NO4/c1-2-3-7-16-11(15)8-5-4-6-12-9(8)10(13)14/h8-9,12H,2-7H2,1H3,(H,13,14)/t8-,9-/m0/s1. The summed E-state index contributed by atoms with van der Waals surface area (Å²) in [7, 11) is 0. The van der Waals surface area contributed by atoms with Gasteiger partial charge in [0.15, 0.2) is 0 Å². The summed E-state index contributed by atoms with van der Waals surface area (Å²) in [6, 6.07) is -0.789. The van der Waals surface area contributed by atoms with Crippen LogP contribution in [0.3, 0.4) is 0 Å². The number of esters is 1. The number of piperidine rings is 1. The van der Waals surface area contributed by atoms with Crippen LogP contribution in [-0.2, 0) is 14.3 Å². The molecular weight excluding hydrogens is 210 g/mol. The molecule has 1 aliphatic rings. The maximum atomic E-state index is 11.7. The van der Waals surface area contributed by atoms with Gasteiger partial charge in [0.1, 0.15) is 6.04 Å². The number of carboxylic acids is 1. The molecular formula is C11H19NO4. The van der Waals surface area contributed by atoms with E-state index in [9.17, 15) is 9.59 Å². The van der Waals surface area contributed by atoms with Crippen LogP contribution in [-0.4, -0.2) is 36.2 Å². The zero-order valence-electron chi connectivity index (χ0n) is 9.57. The number of hydrogen-bond acceptors (Lipinski definition) is 4. The number of carbonyl (C=O) groups is 2. The molecule has 2 atom stereocenters. The predicted molar refractivity (Wildman–Crippen MR) is 58.0 cm³/mol. The third kappa shape index (κ3) is 3.48. The van der Waals surface area contributed by atoms with Gasteiger partial charge >= 0.3 is 11.9 Å². The van der Waals surface area contributed by atoms with Gasteiger partial charge in [-0.2, -0.15) is 0 Å². The van der Waals surface area contributed by atoms with Crippen LogP contribution in [0.15, 0.2) is 0 Å². The lowest BCUT2D eigenvalue weighted by Crippen LogP contribution is -2.50. The van der Waals surface area contributed by atoms with Gasteiger partial charge in [-0.15, -0.1) is 0 Å². The highest BCUT2D eigenvalue weighted by Gasteiger charge is 2.36. The number of nitrogens with one attached hydrogen (secondary N) is 1. The van der Waals surface area contributed by atoms with Gasteiger partial charge in [-0.3, -0.25) is 9.59 Å². The second-order valence-corrected chi connectivity index (χ2v) is 4.04. The van der Waals surface area contributed by atoms with Gasteiger partial charge in [0, 0.05) is 0 Å². The number of rotatable bonds is 5. The summed E-state index contributed by atoms with van der Waals surface area (Å²) in [6.07, 6.45) is 3.19. The van der Waals surface area contributed by atoms with Gasteiger partial charge in [0.2, 0.25) is 0 Å². The summed E-state index contributed by atoms with van der Waals surface area (Å²) in [6.45, 7) is 3.05. The summed E-state index contributed by atoms with van der Waals surface area (Å²) >= 11 is 0. The first kappa shape index (κ1) is 13.0. The zero-order chi connectivity index (χ0) is 12.0. The van der Waals surface area contributed by atoms with E-state index in [2.05, 4.69) is 5.32 Å². The molecule has 0 amide bonds. The molecule has 1 fully saturated rings. The Morgan fingerprint density at radius 3 is 2.88 bits per heavy atom. The summed E-state index contributed by atoms with van der Waals surface area (Å²) in [5, 5.41) is 11.8. The van der Waals surface area contributed by atoms with Crippen LogP contribution in [0, 0.1) is 5.92 Å². The number of aliphatic carboxylic acids is 1. The average Bonchev–Trinajstić information content (AvgIpc) is 2.29. The first-order chi connectivity index (χ1) is 7.66. The highest BCUT2D eigenvalue weighted by molar-refractivity contribution is 5.83. The lowest BCUT2D eigenvalue weighted by Gasteiger charge is -2.27. The number of ether oxygens (including phenoxy) is 1. The van der Waals surface area contributed by atoms with Crippen LogP contribution in [0.5, 0.6) is 0 Å². The average molecular weight is 229 g/mol. The number of unbranched alkanes of at least 4 members (excludes halogenated alkanes) is 1. The molecule has 1 heterocycles. The quantitative estimate of drug-likeness (QED) is 0.538. The van der Waals surface area contributed by atoms with E-state index >= 15 is 0 Å². The van der Waals surface area contributed by atoms with Gasteiger partial charge in [0.25, 0.3) is 0 Å². The summed E-state index contributed by atoms with van der Waals surface area (Å²) in [5.41, 5.74) is 0. The van der Waals surface area contributed by atoms with Gasteiger partial charge in [0.05, 0.1) is 12.5 Å². The van der Waals surface area contributed by atoms with E-state index in [1.165, 1.54) is 0 Å². The molecule has 0 unspecified atom stereocenters. The molecule has 16 heavy (non-hydrogen) atoms. The predicted octanol–water partition coefficient (Wildman–Crippen LogP) is 0.782. The Labute approximate surface area is 95.2 Å². The summed E-state index contributed by atoms with van der Waals surface area (Å²) < 4.78 is 5.06. The first-order valence-electron chi connectivity index (χ1n) is 5.79. The lowest BCUT2D eigenvalue weighted by molar-refractivity contribution is -0.156. The molecule has 0 aromatic heterocycles. The molecule has 0 bridgehead atoms. The normalized spacial score (nSPS) is 25.1. The maximum absolute atomic E-state index is 11.7. The van der Waals surface area contributed by atoms with Crippen molar-refractivity contribution in [2.24, 2.45) is 5.92 Å². The molecule has 5 heteroatoms. The van der Waals surface area contributed by atoms with Gasteiger partial charge in [-0.05, 0) is 25.8 Å². The summed E-state index contributed by atoms with van der Waals surface area (Å²) in [4.78, 5) is 22.6. The largest absolute Gasteiger partial charge is 0.480 e. The monoisotopic (exact) mass is 229 g/mol. The van der Waals surface area contributed by atoms with Crippen LogP contribution in [0.1, 0.15) is 32.6 Å². The molecule has 1 rings (SSSR count). The Morgan fingerprint density at radius 2 is 2.25 bits per heavy atom. The molecule has 0 saturated carbocycles. The van der Waals surface area contributed by atoms with E-state index in [4.69, 9.17) is 9.84 Å². The lowest BCUT2D eigenvalue weighted by atomic mass is 9.91. The van der Waals surface area contributed by atoms with Gasteiger partial charge in [-0.25, -0.2) is 0 Å². The minimum absolute atomic E-state index is 0.381. The van der Waals surface area contributed by atoms with E-state index in [1.807, 2.05) is 6.92 Å². The molecule has 1 saturated heterocycles. The third-order valence-corrected chi connectivity index (χ3v) is 2.77. The van der Waals surface area contributed by atoms with Gasteiger partial charge in [-0.1, -0.05) is 13.3 Å². The maximum Gasteiger partial charge on any atom is 0.321 e. The molecule has 5 nitrogen and oxygen atoms in total. The highest BCUT2D eigenvalue weighted by Crippen LogP contribution is 2.18. The molecule has 0 spiro atoms. The van der Waals surface area contributed by atoms with Crippen molar-refractivity contribution in [2.75, 3.05) is 13.2 Å². The Kier molecular flexibility index (Phi) is 5.25. The molecule has 0 radical (unpaired) electrons. The highest BCUT2D eigenvalue weighted by atomic mass is 16.5. The fraction of sp³-hybridized carbons (Fsp3) is 0.818. The molecule has 0 aromatic carbocycles. The van der Waals surface area contributed by atoms with Crippen LogP contribution < -0.4 is 5.32 Å². The number of carboxylic acid groups (broad SMARTS) is 1. The van der Waals surface area contributed by atoms with Crippen LogP contribution in [0.25, 0.3) is 0 Å². The van der Waals surface area contributed by atoms with Crippen molar-refractivity contribution < 1.29 is 19.4 Å². The van der Waals surface area contributed by atoms with E-state index in [1.54, 1.807) is 0 Å².